The third kappa shape index (κ3) is 2.93. The number of esters is 1. The van der Waals surface area contributed by atoms with Crippen LogP contribution in [-0.2, 0) is 23.0 Å². The molecule has 8 nitrogen and oxygen atoms in total. The molecule has 1 aromatic rings. The molecule has 1 unspecified atom stereocenters. The van der Waals surface area contributed by atoms with Crippen molar-refractivity contribution in [2.45, 2.75) is 32.6 Å². The van der Waals surface area contributed by atoms with Crippen LogP contribution in [0.3, 0.4) is 0 Å². The fourth-order valence-electron chi connectivity index (χ4n) is 1.96. The average Bonchev–Trinajstić information content (AvgIpc) is 2.68. The minimum atomic E-state index is -1.35. The molecule has 0 saturated heterocycles. The van der Waals surface area contributed by atoms with E-state index >= 15 is 0 Å². The van der Waals surface area contributed by atoms with Crippen molar-refractivity contribution in [1.82, 2.24) is 9.78 Å². The van der Waals surface area contributed by atoms with E-state index in [-0.39, 0.29) is 23.7 Å². The molecule has 0 aliphatic carbocycles. The largest absolute Gasteiger partial charge is 0.465 e. The molecule has 0 aromatic carbocycles. The van der Waals surface area contributed by atoms with E-state index < -0.39 is 16.8 Å². The van der Waals surface area contributed by atoms with Crippen LogP contribution in [-0.4, -0.2) is 27.3 Å². The van der Waals surface area contributed by atoms with E-state index in [1.807, 2.05) is 6.92 Å². The Hall–Kier alpha value is -2.43. The number of aryl methyl sites for hydroxylation is 2. The van der Waals surface area contributed by atoms with Gasteiger partial charge in [0.15, 0.2) is 5.92 Å². The molecule has 8 heteroatoms. The van der Waals surface area contributed by atoms with Gasteiger partial charge in [-0.15, -0.1) is 0 Å². The molecule has 0 amide bonds. The summed E-state index contributed by atoms with van der Waals surface area (Å²) in [5.74, 6) is -2.15. The number of aromatic nitrogens is 2. The minimum absolute atomic E-state index is 0.0283. The van der Waals surface area contributed by atoms with Gasteiger partial charge < -0.3 is 4.74 Å². The maximum atomic E-state index is 11.8. The van der Waals surface area contributed by atoms with Crippen molar-refractivity contribution in [2.24, 2.45) is 7.05 Å². The Labute approximate surface area is 116 Å². The summed E-state index contributed by atoms with van der Waals surface area (Å²) in [6, 6.07) is 1.75. The molecule has 0 N–H and O–H groups in total. The van der Waals surface area contributed by atoms with Gasteiger partial charge in [0, 0.05) is 7.05 Å². The number of nitrogens with zero attached hydrogens (tertiary/aromatic N) is 4. The van der Waals surface area contributed by atoms with Crippen LogP contribution in [0.4, 0.5) is 5.69 Å². The second-order valence-electron chi connectivity index (χ2n) is 4.13. The minimum Gasteiger partial charge on any atom is -0.465 e. The van der Waals surface area contributed by atoms with Gasteiger partial charge in [0.25, 0.3) is 0 Å². The van der Waals surface area contributed by atoms with E-state index in [2.05, 4.69) is 5.10 Å². The fraction of sp³-hybridized carbons (Fsp3) is 0.583. The summed E-state index contributed by atoms with van der Waals surface area (Å²) in [7, 11) is 1.48. The normalized spacial score (nSPS) is 11.7. The molecular formula is C12H16N4O4. The Bertz CT molecular complexity index is 559. The average molecular weight is 280 g/mol. The first-order valence-electron chi connectivity index (χ1n) is 6.24. The van der Waals surface area contributed by atoms with E-state index in [1.165, 1.54) is 11.7 Å². The lowest BCUT2D eigenvalue weighted by Gasteiger charge is -2.08. The topological polar surface area (TPSA) is 111 Å². The highest BCUT2D eigenvalue weighted by Gasteiger charge is 2.36. The number of carbonyl (C=O) groups is 1. The van der Waals surface area contributed by atoms with Gasteiger partial charge in [-0.2, -0.15) is 10.4 Å². The highest BCUT2D eigenvalue weighted by molar-refractivity contribution is 5.82. The fourth-order valence-corrected chi connectivity index (χ4v) is 1.96. The van der Waals surface area contributed by atoms with Crippen molar-refractivity contribution in [1.29, 1.82) is 5.26 Å². The van der Waals surface area contributed by atoms with Crippen molar-refractivity contribution < 1.29 is 14.5 Å². The smallest absolute Gasteiger partial charge is 0.329 e. The summed E-state index contributed by atoms with van der Waals surface area (Å²) in [6.07, 6.45) is 1.08. The van der Waals surface area contributed by atoms with Gasteiger partial charge in [-0.25, -0.2) is 0 Å². The van der Waals surface area contributed by atoms with Gasteiger partial charge in [-0.05, 0) is 13.3 Å². The van der Waals surface area contributed by atoms with Crippen molar-refractivity contribution in [2.75, 3.05) is 6.61 Å². The van der Waals surface area contributed by atoms with Crippen LogP contribution < -0.4 is 0 Å². The summed E-state index contributed by atoms with van der Waals surface area (Å²) in [4.78, 5) is 22.4. The van der Waals surface area contributed by atoms with Crippen molar-refractivity contribution in [3.05, 3.63) is 21.5 Å². The second-order valence-corrected chi connectivity index (χ2v) is 4.13. The van der Waals surface area contributed by atoms with Gasteiger partial charge >= 0.3 is 11.7 Å². The molecule has 1 heterocycles. The quantitative estimate of drug-likeness (QED) is 0.443. The third-order valence-electron chi connectivity index (χ3n) is 2.73. The predicted octanol–water partition coefficient (Wildman–Crippen LogP) is 1.45. The number of ether oxygens (including phenoxy) is 1. The second kappa shape index (κ2) is 6.65. The van der Waals surface area contributed by atoms with Crippen molar-refractivity contribution in [3.8, 4) is 6.07 Å². The third-order valence-corrected chi connectivity index (χ3v) is 2.73. The lowest BCUT2D eigenvalue weighted by molar-refractivity contribution is -0.386. The standard InChI is InChI=1S/C12H16N4O4/c1-4-6-9-11(16(18)19)10(15(3)14-9)8(7-13)12(17)20-5-2/h8H,4-6H2,1-3H3. The first-order valence-corrected chi connectivity index (χ1v) is 6.24. The predicted molar refractivity (Wildman–Crippen MR) is 68.8 cm³/mol. The van der Waals surface area contributed by atoms with Gasteiger partial charge in [0.1, 0.15) is 11.4 Å². The van der Waals surface area contributed by atoms with Crippen LogP contribution in [0, 0.1) is 21.4 Å². The number of hydrogen-bond donors (Lipinski definition) is 0. The first-order chi connectivity index (χ1) is 9.47. The summed E-state index contributed by atoms with van der Waals surface area (Å²) < 4.78 is 6.00. The zero-order chi connectivity index (χ0) is 15.3. The van der Waals surface area contributed by atoms with E-state index in [1.54, 1.807) is 13.0 Å². The molecule has 1 aromatic heterocycles. The molecule has 108 valence electrons. The molecule has 1 atom stereocenters. The van der Waals surface area contributed by atoms with Crippen LogP contribution in [0.15, 0.2) is 0 Å². The van der Waals surface area contributed by atoms with Gasteiger partial charge in [-0.3, -0.25) is 19.6 Å². The van der Waals surface area contributed by atoms with Crippen LogP contribution in [0.5, 0.6) is 0 Å². The molecule has 0 saturated carbocycles. The van der Waals surface area contributed by atoms with Crippen LogP contribution in [0.2, 0.25) is 0 Å². The molecule has 1 rings (SSSR count). The van der Waals surface area contributed by atoms with Crippen molar-refractivity contribution in [3.63, 3.8) is 0 Å². The number of hydrogen-bond acceptors (Lipinski definition) is 6. The Balaban J connectivity index is 3.38. The Morgan fingerprint density at radius 1 is 1.60 bits per heavy atom. The highest BCUT2D eigenvalue weighted by atomic mass is 16.6. The molecule has 0 bridgehead atoms. The SMILES string of the molecule is CCCc1nn(C)c(C(C#N)C(=O)OCC)c1[N+](=O)[O-]. The van der Waals surface area contributed by atoms with Gasteiger partial charge in [0.05, 0.1) is 17.6 Å². The number of rotatable bonds is 6. The van der Waals surface area contributed by atoms with E-state index in [0.717, 1.165) is 0 Å². The Morgan fingerprint density at radius 3 is 2.70 bits per heavy atom. The summed E-state index contributed by atoms with van der Waals surface area (Å²) in [5.41, 5.74) is -0.0205. The molecule has 0 spiro atoms. The van der Waals surface area contributed by atoms with E-state index in [0.29, 0.717) is 12.8 Å². The molecule has 0 aliphatic heterocycles. The lowest BCUT2D eigenvalue weighted by atomic mass is 10.0. The molecular weight excluding hydrogens is 264 g/mol. The molecule has 0 aliphatic rings. The van der Waals surface area contributed by atoms with E-state index in [9.17, 15) is 14.9 Å². The monoisotopic (exact) mass is 280 g/mol. The van der Waals surface area contributed by atoms with Gasteiger partial charge in [-0.1, -0.05) is 13.3 Å². The Morgan fingerprint density at radius 2 is 2.25 bits per heavy atom. The molecule has 20 heavy (non-hydrogen) atoms. The lowest BCUT2D eigenvalue weighted by Crippen LogP contribution is -2.18. The maximum absolute atomic E-state index is 11.8. The summed E-state index contributed by atoms with van der Waals surface area (Å²) in [5, 5.41) is 24.4. The summed E-state index contributed by atoms with van der Waals surface area (Å²) >= 11 is 0. The zero-order valence-electron chi connectivity index (χ0n) is 11.6. The van der Waals surface area contributed by atoms with Crippen LogP contribution in [0.25, 0.3) is 0 Å². The van der Waals surface area contributed by atoms with Crippen LogP contribution >= 0.6 is 0 Å². The summed E-state index contributed by atoms with van der Waals surface area (Å²) in [6.45, 7) is 3.57. The number of nitro groups is 1. The van der Waals surface area contributed by atoms with Crippen molar-refractivity contribution >= 4 is 11.7 Å². The number of nitriles is 1. The zero-order valence-corrected chi connectivity index (χ0v) is 11.6. The van der Waals surface area contributed by atoms with Gasteiger partial charge in [0.2, 0.25) is 0 Å². The Kier molecular flexibility index (Phi) is 5.20. The van der Waals surface area contributed by atoms with Crippen LogP contribution in [0.1, 0.15) is 37.6 Å². The maximum Gasteiger partial charge on any atom is 0.329 e. The highest BCUT2D eigenvalue weighted by Crippen LogP contribution is 2.31. The van der Waals surface area contributed by atoms with E-state index in [4.69, 9.17) is 10.00 Å². The number of carbonyl (C=O) groups excluding carboxylic acids is 1. The molecule has 0 radical (unpaired) electrons. The first kappa shape index (κ1) is 15.6. The molecule has 0 fully saturated rings.